The Kier molecular flexibility index (Phi) is 3.92. The van der Waals surface area contributed by atoms with E-state index in [1.54, 1.807) is 0 Å². The van der Waals surface area contributed by atoms with Gasteiger partial charge in [0, 0.05) is 5.02 Å². The predicted molar refractivity (Wildman–Crippen MR) is 76.9 cm³/mol. The van der Waals surface area contributed by atoms with Crippen LogP contribution in [0.2, 0.25) is 5.02 Å². The molecule has 18 heavy (non-hydrogen) atoms. The van der Waals surface area contributed by atoms with E-state index in [1.807, 2.05) is 42.8 Å². The van der Waals surface area contributed by atoms with Crippen molar-refractivity contribution in [1.82, 2.24) is 9.78 Å². The maximum atomic E-state index is 6.14. The lowest BCUT2D eigenvalue weighted by atomic mass is 10.2. The van der Waals surface area contributed by atoms with E-state index in [0.29, 0.717) is 6.54 Å². The number of benzene rings is 1. The Labute approximate surface area is 116 Å². The lowest BCUT2D eigenvalue weighted by Crippen LogP contribution is -2.04. The molecular weight excluding hydrogens is 266 g/mol. The molecule has 5 heteroatoms. The fraction of sp³-hybridized carbons (Fsp3) is 0.231. The number of aromatic nitrogens is 2. The molecule has 3 nitrogen and oxygen atoms in total. The highest BCUT2D eigenvalue weighted by Gasteiger charge is 2.11. The van der Waals surface area contributed by atoms with E-state index in [-0.39, 0.29) is 0 Å². The molecule has 0 aliphatic heterocycles. The molecule has 0 bridgehead atoms. The highest BCUT2D eigenvalue weighted by Crippen LogP contribution is 2.24. The summed E-state index contributed by atoms with van der Waals surface area (Å²) in [5, 5.41) is 7.57. The number of isothiocyanates is 1. The van der Waals surface area contributed by atoms with Gasteiger partial charge < -0.3 is 0 Å². The van der Waals surface area contributed by atoms with Crippen molar-refractivity contribution in [3.63, 3.8) is 0 Å². The number of nitrogens with zero attached hydrogens (tertiary/aromatic N) is 3. The van der Waals surface area contributed by atoms with Crippen molar-refractivity contribution in [2.75, 3.05) is 0 Å². The van der Waals surface area contributed by atoms with Crippen molar-refractivity contribution in [1.29, 1.82) is 0 Å². The van der Waals surface area contributed by atoms with Crippen LogP contribution in [0.15, 0.2) is 29.3 Å². The minimum atomic E-state index is 0.624. The monoisotopic (exact) mass is 277 g/mol. The van der Waals surface area contributed by atoms with Gasteiger partial charge in [-0.05, 0) is 37.7 Å². The topological polar surface area (TPSA) is 30.2 Å². The van der Waals surface area contributed by atoms with Gasteiger partial charge in [0.05, 0.1) is 23.1 Å². The molecular formula is C13H12ClN3S. The molecule has 0 saturated heterocycles. The minimum absolute atomic E-state index is 0.624. The first-order chi connectivity index (χ1) is 8.63. The van der Waals surface area contributed by atoms with E-state index in [0.717, 1.165) is 27.7 Å². The number of hydrogen-bond acceptors (Lipinski definition) is 3. The van der Waals surface area contributed by atoms with Crippen LogP contribution < -0.4 is 0 Å². The SMILES string of the molecule is Cc1nn(Cc2ccccc2Cl)c(C)c1N=C=S. The molecule has 0 atom stereocenters. The van der Waals surface area contributed by atoms with E-state index < -0.39 is 0 Å². The zero-order chi connectivity index (χ0) is 13.1. The van der Waals surface area contributed by atoms with Crippen molar-refractivity contribution in [2.24, 2.45) is 4.99 Å². The van der Waals surface area contributed by atoms with Crippen molar-refractivity contribution in [2.45, 2.75) is 20.4 Å². The van der Waals surface area contributed by atoms with Gasteiger partial charge in [-0.15, -0.1) is 0 Å². The standard InChI is InChI=1S/C13H12ClN3S/c1-9-13(15-8-18)10(2)17(16-9)7-11-5-3-4-6-12(11)14/h3-6H,7H2,1-2H3. The molecule has 0 spiro atoms. The summed E-state index contributed by atoms with van der Waals surface area (Å²) < 4.78 is 1.88. The van der Waals surface area contributed by atoms with Crippen molar-refractivity contribution >= 4 is 34.7 Å². The maximum Gasteiger partial charge on any atom is 0.118 e. The van der Waals surface area contributed by atoms with Crippen LogP contribution in [0.25, 0.3) is 0 Å². The molecule has 0 aliphatic carbocycles. The van der Waals surface area contributed by atoms with Crippen LogP contribution in [-0.2, 0) is 6.54 Å². The van der Waals surface area contributed by atoms with E-state index in [2.05, 4.69) is 27.5 Å². The van der Waals surface area contributed by atoms with Gasteiger partial charge in [0.1, 0.15) is 5.69 Å². The molecule has 2 rings (SSSR count). The van der Waals surface area contributed by atoms with Gasteiger partial charge in [-0.3, -0.25) is 4.68 Å². The molecule has 1 aromatic carbocycles. The highest BCUT2D eigenvalue weighted by atomic mass is 35.5. The van der Waals surface area contributed by atoms with Gasteiger partial charge >= 0.3 is 0 Å². The predicted octanol–water partition coefficient (Wildman–Crippen LogP) is 3.94. The van der Waals surface area contributed by atoms with Gasteiger partial charge in [0.2, 0.25) is 0 Å². The second-order valence-electron chi connectivity index (χ2n) is 3.97. The maximum absolute atomic E-state index is 6.14. The quantitative estimate of drug-likeness (QED) is 0.628. The minimum Gasteiger partial charge on any atom is -0.263 e. The fourth-order valence-electron chi connectivity index (χ4n) is 1.84. The molecule has 0 unspecified atom stereocenters. The Morgan fingerprint density at radius 3 is 2.78 bits per heavy atom. The summed E-state index contributed by atoms with van der Waals surface area (Å²) >= 11 is 10.8. The number of hydrogen-bond donors (Lipinski definition) is 0. The Hall–Kier alpha value is -1.48. The molecule has 0 saturated carbocycles. The second kappa shape index (κ2) is 5.44. The Balaban J connectivity index is 2.39. The van der Waals surface area contributed by atoms with Gasteiger partial charge in [-0.1, -0.05) is 29.8 Å². The molecule has 2 aromatic rings. The number of aliphatic imine (C=N–C) groups is 1. The summed E-state index contributed by atoms with van der Waals surface area (Å²) in [6, 6.07) is 7.73. The number of aryl methyl sites for hydroxylation is 1. The molecule has 1 aromatic heterocycles. The van der Waals surface area contributed by atoms with E-state index >= 15 is 0 Å². The van der Waals surface area contributed by atoms with E-state index in [1.165, 1.54) is 0 Å². The van der Waals surface area contributed by atoms with Gasteiger partial charge in [-0.25, -0.2) is 0 Å². The lowest BCUT2D eigenvalue weighted by molar-refractivity contribution is 0.659. The van der Waals surface area contributed by atoms with Crippen LogP contribution in [0.5, 0.6) is 0 Å². The van der Waals surface area contributed by atoms with Crippen molar-refractivity contribution in [3.8, 4) is 0 Å². The number of rotatable bonds is 3. The number of halogens is 1. The molecule has 0 fully saturated rings. The fourth-order valence-corrected chi connectivity index (χ4v) is 2.12. The smallest absolute Gasteiger partial charge is 0.118 e. The lowest BCUT2D eigenvalue weighted by Gasteiger charge is -2.06. The third kappa shape index (κ3) is 2.51. The highest BCUT2D eigenvalue weighted by molar-refractivity contribution is 7.78. The van der Waals surface area contributed by atoms with Gasteiger partial charge in [0.15, 0.2) is 0 Å². The third-order valence-corrected chi connectivity index (χ3v) is 3.24. The molecule has 0 amide bonds. The summed E-state index contributed by atoms with van der Waals surface area (Å²) in [5.41, 5.74) is 3.63. The average molecular weight is 278 g/mol. The van der Waals surface area contributed by atoms with Crippen molar-refractivity contribution < 1.29 is 0 Å². The summed E-state index contributed by atoms with van der Waals surface area (Å²) in [6.07, 6.45) is 0. The second-order valence-corrected chi connectivity index (χ2v) is 4.56. The molecule has 0 N–H and O–H groups in total. The van der Waals surface area contributed by atoms with Crippen LogP contribution in [0.3, 0.4) is 0 Å². The van der Waals surface area contributed by atoms with Crippen LogP contribution in [0.1, 0.15) is 17.0 Å². The molecule has 92 valence electrons. The summed E-state index contributed by atoms with van der Waals surface area (Å²) in [7, 11) is 0. The average Bonchev–Trinajstić information content (AvgIpc) is 2.60. The molecule has 1 heterocycles. The van der Waals surface area contributed by atoms with Crippen LogP contribution in [0, 0.1) is 13.8 Å². The number of thiocarbonyl (C=S) groups is 1. The largest absolute Gasteiger partial charge is 0.263 e. The van der Waals surface area contributed by atoms with Crippen molar-refractivity contribution in [3.05, 3.63) is 46.2 Å². The zero-order valence-corrected chi connectivity index (χ0v) is 11.7. The van der Waals surface area contributed by atoms with Crippen LogP contribution in [-0.4, -0.2) is 14.9 Å². The normalized spacial score (nSPS) is 10.2. The van der Waals surface area contributed by atoms with Crippen LogP contribution >= 0.6 is 23.8 Å². The van der Waals surface area contributed by atoms with E-state index in [9.17, 15) is 0 Å². The first kappa shape index (κ1) is 13.0. The van der Waals surface area contributed by atoms with Gasteiger partial charge in [0.25, 0.3) is 0 Å². The van der Waals surface area contributed by atoms with E-state index in [4.69, 9.17) is 11.6 Å². The summed E-state index contributed by atoms with van der Waals surface area (Å²) in [4.78, 5) is 4.04. The van der Waals surface area contributed by atoms with Crippen LogP contribution in [0.4, 0.5) is 5.69 Å². The Morgan fingerprint density at radius 2 is 2.11 bits per heavy atom. The third-order valence-electron chi connectivity index (χ3n) is 2.78. The Morgan fingerprint density at radius 1 is 1.39 bits per heavy atom. The zero-order valence-electron chi connectivity index (χ0n) is 10.1. The first-order valence-corrected chi connectivity index (χ1v) is 6.27. The summed E-state index contributed by atoms with van der Waals surface area (Å²) in [6.45, 7) is 4.49. The molecule has 0 aliphatic rings. The van der Waals surface area contributed by atoms with Gasteiger partial charge in [-0.2, -0.15) is 10.1 Å². The Bertz CT molecular complexity index is 627. The molecule has 0 radical (unpaired) electrons. The summed E-state index contributed by atoms with van der Waals surface area (Å²) in [5.74, 6) is 0. The first-order valence-electron chi connectivity index (χ1n) is 5.48.